The number of nitrogens with one attached hydrogen (secondary N) is 2. The van der Waals surface area contributed by atoms with E-state index < -0.39 is 17.9 Å². The molecule has 3 N–H and O–H groups in total. The smallest absolute Gasteiger partial charge is 0.251 e. The zero-order valence-electron chi connectivity index (χ0n) is 17.1. The molecule has 1 fully saturated rings. The van der Waals surface area contributed by atoms with Gasteiger partial charge >= 0.3 is 0 Å². The van der Waals surface area contributed by atoms with E-state index in [1.165, 1.54) is 0 Å². The van der Waals surface area contributed by atoms with Gasteiger partial charge in [0.05, 0.1) is 28.2 Å². The second-order valence-corrected chi connectivity index (χ2v) is 8.87. The molecule has 0 aromatic heterocycles. The summed E-state index contributed by atoms with van der Waals surface area (Å²) in [5.41, 5.74) is 2.14. The number of ether oxygens (including phenoxy) is 1. The van der Waals surface area contributed by atoms with Gasteiger partial charge in [-0.1, -0.05) is 0 Å². The van der Waals surface area contributed by atoms with Crippen molar-refractivity contribution in [3.63, 3.8) is 0 Å². The Labute approximate surface area is 202 Å². The average Bonchev–Trinajstić information content (AvgIpc) is 2.81. The lowest BCUT2D eigenvalue weighted by atomic mass is 10.0. The van der Waals surface area contributed by atoms with Crippen molar-refractivity contribution < 1.29 is 19.4 Å². The molecular formula is C22H22Br2N4O4. The molecule has 1 saturated heterocycles. The monoisotopic (exact) mass is 564 g/mol. The van der Waals surface area contributed by atoms with Gasteiger partial charge in [-0.15, -0.1) is 0 Å². The highest BCUT2D eigenvalue weighted by Crippen LogP contribution is 2.33. The van der Waals surface area contributed by atoms with Crippen LogP contribution in [0.1, 0.15) is 15.9 Å². The summed E-state index contributed by atoms with van der Waals surface area (Å²) in [6.07, 6.45) is 0.173. The lowest BCUT2D eigenvalue weighted by Crippen LogP contribution is -2.48. The van der Waals surface area contributed by atoms with E-state index in [4.69, 9.17) is 10.00 Å². The Bertz CT molecular complexity index is 995. The van der Waals surface area contributed by atoms with Crippen LogP contribution in [0.4, 0.5) is 5.69 Å². The van der Waals surface area contributed by atoms with E-state index in [0.29, 0.717) is 33.3 Å². The number of nitrogens with zero attached hydrogens (tertiary/aromatic N) is 2. The first kappa shape index (κ1) is 24.0. The number of phenolic OH excluding ortho intramolecular Hbond substituents is 1. The van der Waals surface area contributed by atoms with Gasteiger partial charge in [-0.25, -0.2) is 0 Å². The molecule has 10 heteroatoms. The van der Waals surface area contributed by atoms with Crippen LogP contribution in [0.15, 0.2) is 45.3 Å². The maximum absolute atomic E-state index is 12.9. The van der Waals surface area contributed by atoms with E-state index in [2.05, 4.69) is 47.4 Å². The maximum Gasteiger partial charge on any atom is 0.251 e. The summed E-state index contributed by atoms with van der Waals surface area (Å²) in [6, 6.07) is 11.5. The van der Waals surface area contributed by atoms with Crippen LogP contribution in [-0.4, -0.2) is 55.8 Å². The second kappa shape index (κ2) is 11.3. The van der Waals surface area contributed by atoms with Gasteiger partial charge in [-0.05, 0) is 73.8 Å². The number of rotatable bonds is 7. The van der Waals surface area contributed by atoms with Gasteiger partial charge in [0.15, 0.2) is 0 Å². The predicted octanol–water partition coefficient (Wildman–Crippen LogP) is 2.73. The van der Waals surface area contributed by atoms with Crippen molar-refractivity contribution in [1.82, 2.24) is 10.6 Å². The second-order valence-electron chi connectivity index (χ2n) is 7.16. The van der Waals surface area contributed by atoms with Gasteiger partial charge in [0.25, 0.3) is 5.91 Å². The fourth-order valence-corrected chi connectivity index (χ4v) is 4.60. The molecule has 2 aromatic carbocycles. The summed E-state index contributed by atoms with van der Waals surface area (Å²) in [4.78, 5) is 27.6. The van der Waals surface area contributed by atoms with Crippen molar-refractivity contribution in [3.05, 3.63) is 56.5 Å². The number of halogens is 2. The third kappa shape index (κ3) is 6.22. The van der Waals surface area contributed by atoms with E-state index >= 15 is 0 Å². The SMILES string of the molecule is N#CCNC(=O)[C@H](Cc1cc(Br)c(O)c(Br)c1)NC(=O)c1ccc(N2CCOCC2)cc1. The molecule has 1 atom stereocenters. The van der Waals surface area contributed by atoms with Gasteiger partial charge in [-0.2, -0.15) is 5.26 Å². The van der Waals surface area contributed by atoms with Crippen LogP contribution in [0.2, 0.25) is 0 Å². The summed E-state index contributed by atoms with van der Waals surface area (Å²) >= 11 is 6.54. The van der Waals surface area contributed by atoms with Crippen LogP contribution in [0.5, 0.6) is 5.75 Å². The van der Waals surface area contributed by atoms with Crippen LogP contribution < -0.4 is 15.5 Å². The Morgan fingerprint density at radius 3 is 2.38 bits per heavy atom. The molecule has 168 valence electrons. The van der Waals surface area contributed by atoms with Crippen molar-refractivity contribution in [2.24, 2.45) is 0 Å². The summed E-state index contributed by atoms with van der Waals surface area (Å²) < 4.78 is 6.29. The first-order valence-corrected chi connectivity index (χ1v) is 11.5. The summed E-state index contributed by atoms with van der Waals surface area (Å²) in [5.74, 6) is -0.818. The molecule has 8 nitrogen and oxygen atoms in total. The number of anilines is 1. The molecule has 0 aliphatic carbocycles. The van der Waals surface area contributed by atoms with Gasteiger partial charge in [-0.3, -0.25) is 9.59 Å². The highest BCUT2D eigenvalue weighted by molar-refractivity contribution is 9.11. The Kier molecular flexibility index (Phi) is 8.50. The fraction of sp³-hybridized carbons (Fsp3) is 0.318. The van der Waals surface area contributed by atoms with Crippen molar-refractivity contribution in [2.75, 3.05) is 37.7 Å². The number of morpholine rings is 1. The molecule has 0 saturated carbocycles. The normalized spacial score (nSPS) is 14.3. The molecule has 1 aliphatic rings. The minimum Gasteiger partial charge on any atom is -0.506 e. The zero-order chi connectivity index (χ0) is 23.1. The third-order valence-electron chi connectivity index (χ3n) is 4.99. The van der Waals surface area contributed by atoms with Gasteiger partial charge in [0, 0.05) is 30.8 Å². The molecule has 1 heterocycles. The Morgan fingerprint density at radius 1 is 1.16 bits per heavy atom. The first-order chi connectivity index (χ1) is 15.4. The highest BCUT2D eigenvalue weighted by Gasteiger charge is 2.23. The number of nitriles is 1. The maximum atomic E-state index is 12.9. The topological polar surface area (TPSA) is 115 Å². The predicted molar refractivity (Wildman–Crippen MR) is 127 cm³/mol. The Balaban J connectivity index is 1.74. The largest absolute Gasteiger partial charge is 0.506 e. The van der Waals surface area contributed by atoms with Gasteiger partial charge in [0.1, 0.15) is 18.3 Å². The van der Waals surface area contributed by atoms with E-state index in [1.54, 1.807) is 24.3 Å². The first-order valence-electron chi connectivity index (χ1n) is 9.94. The fourth-order valence-electron chi connectivity index (χ4n) is 3.32. The van der Waals surface area contributed by atoms with Crippen LogP contribution in [0.3, 0.4) is 0 Å². The van der Waals surface area contributed by atoms with Gasteiger partial charge < -0.3 is 25.4 Å². The molecule has 3 rings (SSSR count). The Morgan fingerprint density at radius 2 is 1.78 bits per heavy atom. The molecule has 2 amide bonds. The lowest BCUT2D eigenvalue weighted by Gasteiger charge is -2.28. The van der Waals surface area contributed by atoms with E-state index in [9.17, 15) is 14.7 Å². The molecule has 2 aromatic rings. The van der Waals surface area contributed by atoms with E-state index in [-0.39, 0.29) is 18.7 Å². The van der Waals surface area contributed by atoms with Crippen molar-refractivity contribution in [3.8, 4) is 11.8 Å². The van der Waals surface area contributed by atoms with Crippen molar-refractivity contribution in [1.29, 1.82) is 5.26 Å². The summed E-state index contributed by atoms with van der Waals surface area (Å²) in [7, 11) is 0. The number of carbonyl (C=O) groups is 2. The number of amides is 2. The molecule has 0 radical (unpaired) electrons. The average molecular weight is 566 g/mol. The number of carbonyl (C=O) groups excluding carboxylic acids is 2. The Hall–Kier alpha value is -2.61. The number of hydrogen-bond donors (Lipinski definition) is 3. The van der Waals surface area contributed by atoms with Crippen molar-refractivity contribution in [2.45, 2.75) is 12.5 Å². The van der Waals surface area contributed by atoms with Crippen LogP contribution in [0.25, 0.3) is 0 Å². The van der Waals surface area contributed by atoms with Crippen LogP contribution >= 0.6 is 31.9 Å². The molecule has 1 aliphatic heterocycles. The van der Waals surface area contributed by atoms with Crippen molar-refractivity contribution >= 4 is 49.4 Å². The number of phenols is 1. The molecule has 32 heavy (non-hydrogen) atoms. The summed E-state index contributed by atoms with van der Waals surface area (Å²) in [5, 5.41) is 23.9. The van der Waals surface area contributed by atoms with E-state index in [1.807, 2.05) is 18.2 Å². The third-order valence-corrected chi connectivity index (χ3v) is 6.19. The van der Waals surface area contributed by atoms with E-state index in [0.717, 1.165) is 18.8 Å². The summed E-state index contributed by atoms with van der Waals surface area (Å²) in [6.45, 7) is 2.77. The highest BCUT2D eigenvalue weighted by atomic mass is 79.9. The standard InChI is InChI=1S/C22H22Br2N4O4/c23-17-11-14(12-18(24)20(17)29)13-19(22(31)26-6-5-25)27-21(30)15-1-3-16(4-2-15)28-7-9-32-10-8-28/h1-4,11-12,19,29H,6-10,13H2,(H,26,31)(H,27,30)/t19-/m0/s1. The zero-order valence-corrected chi connectivity index (χ0v) is 20.3. The number of aromatic hydroxyl groups is 1. The molecule has 0 bridgehead atoms. The number of hydrogen-bond acceptors (Lipinski definition) is 6. The quantitative estimate of drug-likeness (QED) is 0.445. The number of benzene rings is 2. The minimum absolute atomic E-state index is 0.0450. The molecular weight excluding hydrogens is 544 g/mol. The minimum atomic E-state index is -0.905. The van der Waals surface area contributed by atoms with Crippen LogP contribution in [0, 0.1) is 11.3 Å². The lowest BCUT2D eigenvalue weighted by molar-refractivity contribution is -0.122. The van der Waals surface area contributed by atoms with Crippen LogP contribution in [-0.2, 0) is 16.0 Å². The molecule has 0 unspecified atom stereocenters. The molecule has 0 spiro atoms. The van der Waals surface area contributed by atoms with Gasteiger partial charge in [0.2, 0.25) is 5.91 Å².